The van der Waals surface area contributed by atoms with Gasteiger partial charge >= 0.3 is 0 Å². The molecule has 2 atom stereocenters. The number of amides is 1. The van der Waals surface area contributed by atoms with Crippen LogP contribution in [-0.2, 0) is 0 Å². The zero-order valence-corrected chi connectivity index (χ0v) is 11.5. The summed E-state index contributed by atoms with van der Waals surface area (Å²) in [7, 11) is 0. The van der Waals surface area contributed by atoms with Gasteiger partial charge in [0.25, 0.3) is 5.91 Å². The molecule has 2 rings (SSSR count). The van der Waals surface area contributed by atoms with Gasteiger partial charge in [-0.2, -0.15) is 0 Å². The van der Waals surface area contributed by atoms with E-state index in [1.165, 1.54) is 18.2 Å². The van der Waals surface area contributed by atoms with Crippen LogP contribution in [0.25, 0.3) is 0 Å². The minimum atomic E-state index is -0.374. The Balaban J connectivity index is 2.04. The van der Waals surface area contributed by atoms with Crippen LogP contribution >= 0.6 is 15.9 Å². The Bertz CT molecular complexity index is 453. The third-order valence-electron chi connectivity index (χ3n) is 3.32. The highest BCUT2D eigenvalue weighted by Crippen LogP contribution is 2.19. The maximum Gasteiger partial charge on any atom is 0.251 e. The second kappa shape index (κ2) is 5.80. The number of benzene rings is 1. The van der Waals surface area contributed by atoms with Gasteiger partial charge in [-0.3, -0.25) is 4.79 Å². The molecule has 0 radical (unpaired) electrons. The van der Waals surface area contributed by atoms with Gasteiger partial charge in [0.15, 0.2) is 0 Å². The first kappa shape index (κ1) is 13.5. The van der Waals surface area contributed by atoms with Crippen LogP contribution < -0.4 is 11.1 Å². The lowest BCUT2D eigenvalue weighted by molar-refractivity contribution is 0.0921. The van der Waals surface area contributed by atoms with Crippen molar-refractivity contribution in [1.29, 1.82) is 0 Å². The smallest absolute Gasteiger partial charge is 0.251 e. The van der Waals surface area contributed by atoms with Crippen LogP contribution in [0.3, 0.4) is 0 Å². The highest BCUT2D eigenvalue weighted by molar-refractivity contribution is 9.10. The maximum absolute atomic E-state index is 13.1. The minimum Gasteiger partial charge on any atom is -0.348 e. The molecule has 98 valence electrons. The fourth-order valence-electron chi connectivity index (χ4n) is 2.23. The molecule has 1 aromatic rings. The first-order valence-corrected chi connectivity index (χ1v) is 6.88. The summed E-state index contributed by atoms with van der Waals surface area (Å²) in [4.78, 5) is 12.0. The number of nitrogens with two attached hydrogens (primary N) is 1. The predicted molar refractivity (Wildman–Crippen MR) is 71.8 cm³/mol. The number of carbonyl (C=O) groups is 1. The SMILES string of the molecule is N[C@@H]1CCCC[C@H]1NC(=O)c1ccc(F)c(Br)c1. The van der Waals surface area contributed by atoms with E-state index in [4.69, 9.17) is 5.73 Å². The first-order valence-electron chi connectivity index (χ1n) is 6.09. The van der Waals surface area contributed by atoms with Crippen molar-refractivity contribution in [2.24, 2.45) is 5.73 Å². The minimum absolute atomic E-state index is 0.0200. The van der Waals surface area contributed by atoms with Crippen LogP contribution in [0, 0.1) is 5.82 Å². The van der Waals surface area contributed by atoms with Crippen LogP contribution in [0.4, 0.5) is 4.39 Å². The molecule has 0 aliphatic heterocycles. The summed E-state index contributed by atoms with van der Waals surface area (Å²) in [5.74, 6) is -0.570. The Morgan fingerprint density at radius 1 is 1.39 bits per heavy atom. The van der Waals surface area contributed by atoms with E-state index in [-0.39, 0.29) is 23.8 Å². The van der Waals surface area contributed by atoms with Gasteiger partial charge in [-0.1, -0.05) is 12.8 Å². The lowest BCUT2D eigenvalue weighted by Crippen LogP contribution is -2.49. The Labute approximate surface area is 114 Å². The summed E-state index contributed by atoms with van der Waals surface area (Å²) in [5, 5.41) is 2.92. The van der Waals surface area contributed by atoms with E-state index in [1.807, 2.05) is 0 Å². The summed E-state index contributed by atoms with van der Waals surface area (Å²) < 4.78 is 13.4. The van der Waals surface area contributed by atoms with E-state index in [0.717, 1.165) is 25.7 Å². The number of rotatable bonds is 2. The fraction of sp³-hybridized carbons (Fsp3) is 0.462. The monoisotopic (exact) mass is 314 g/mol. The van der Waals surface area contributed by atoms with Crippen LogP contribution in [0.5, 0.6) is 0 Å². The zero-order chi connectivity index (χ0) is 13.1. The molecule has 3 N–H and O–H groups in total. The summed E-state index contributed by atoms with van der Waals surface area (Å²) in [6, 6.07) is 4.28. The first-order chi connectivity index (χ1) is 8.58. The van der Waals surface area contributed by atoms with Gasteiger partial charge in [0.05, 0.1) is 4.47 Å². The third-order valence-corrected chi connectivity index (χ3v) is 3.93. The molecule has 0 saturated heterocycles. The van der Waals surface area contributed by atoms with Crippen molar-refractivity contribution in [1.82, 2.24) is 5.32 Å². The van der Waals surface area contributed by atoms with Crippen molar-refractivity contribution < 1.29 is 9.18 Å². The van der Waals surface area contributed by atoms with E-state index in [0.29, 0.717) is 10.0 Å². The van der Waals surface area contributed by atoms with Gasteiger partial charge in [0.2, 0.25) is 0 Å². The Morgan fingerprint density at radius 3 is 2.78 bits per heavy atom. The molecule has 18 heavy (non-hydrogen) atoms. The van der Waals surface area contributed by atoms with Gasteiger partial charge in [0.1, 0.15) is 5.82 Å². The molecule has 0 heterocycles. The highest BCUT2D eigenvalue weighted by Gasteiger charge is 2.23. The van der Waals surface area contributed by atoms with Gasteiger partial charge in [-0.25, -0.2) is 4.39 Å². The van der Waals surface area contributed by atoms with Crippen LogP contribution in [0.15, 0.2) is 22.7 Å². The quantitative estimate of drug-likeness (QED) is 0.881. The Morgan fingerprint density at radius 2 is 2.11 bits per heavy atom. The van der Waals surface area contributed by atoms with Crippen LogP contribution in [-0.4, -0.2) is 18.0 Å². The Hall–Kier alpha value is -0.940. The molecule has 1 aromatic carbocycles. The number of carbonyl (C=O) groups excluding carboxylic acids is 1. The molecule has 1 aliphatic carbocycles. The standard InChI is InChI=1S/C13H16BrFN2O/c14-9-7-8(5-6-10(9)15)13(18)17-12-4-2-1-3-11(12)16/h5-7,11-12H,1-4,16H2,(H,17,18)/t11-,12-/m1/s1. The lowest BCUT2D eigenvalue weighted by Gasteiger charge is -2.29. The topological polar surface area (TPSA) is 55.1 Å². The van der Waals surface area contributed by atoms with E-state index < -0.39 is 0 Å². The van der Waals surface area contributed by atoms with Crippen LogP contribution in [0.1, 0.15) is 36.0 Å². The number of nitrogens with one attached hydrogen (secondary N) is 1. The number of hydrogen-bond acceptors (Lipinski definition) is 2. The molecule has 1 saturated carbocycles. The predicted octanol–water partition coefficient (Wildman–Crippen LogP) is 2.59. The second-order valence-corrected chi connectivity index (χ2v) is 5.51. The molecular weight excluding hydrogens is 299 g/mol. The number of halogens is 2. The summed E-state index contributed by atoms with van der Waals surface area (Å²) in [6.45, 7) is 0. The van der Waals surface area contributed by atoms with Crippen molar-refractivity contribution in [2.75, 3.05) is 0 Å². The van der Waals surface area contributed by atoms with Gasteiger partial charge in [-0.05, 0) is 47.0 Å². The Kier molecular flexibility index (Phi) is 4.35. The van der Waals surface area contributed by atoms with E-state index in [1.54, 1.807) is 0 Å². The van der Waals surface area contributed by atoms with Crippen molar-refractivity contribution in [2.45, 2.75) is 37.8 Å². The third kappa shape index (κ3) is 3.09. The largest absolute Gasteiger partial charge is 0.348 e. The molecule has 0 bridgehead atoms. The van der Waals surface area contributed by atoms with E-state index in [9.17, 15) is 9.18 Å². The average Bonchev–Trinajstić information content (AvgIpc) is 2.35. The molecule has 0 spiro atoms. The highest BCUT2D eigenvalue weighted by atomic mass is 79.9. The zero-order valence-electron chi connectivity index (χ0n) is 9.96. The van der Waals surface area contributed by atoms with Gasteiger partial charge < -0.3 is 11.1 Å². The normalized spacial score (nSPS) is 23.7. The molecular formula is C13H16BrFN2O. The summed E-state index contributed by atoms with van der Waals surface area (Å²) >= 11 is 3.07. The van der Waals surface area contributed by atoms with Crippen molar-refractivity contribution >= 4 is 21.8 Å². The molecule has 5 heteroatoms. The molecule has 1 fully saturated rings. The molecule has 1 amide bonds. The fourth-order valence-corrected chi connectivity index (χ4v) is 2.61. The van der Waals surface area contributed by atoms with Crippen molar-refractivity contribution in [3.8, 4) is 0 Å². The van der Waals surface area contributed by atoms with E-state index >= 15 is 0 Å². The number of hydrogen-bond donors (Lipinski definition) is 2. The molecule has 3 nitrogen and oxygen atoms in total. The maximum atomic E-state index is 13.1. The summed E-state index contributed by atoms with van der Waals surface area (Å²) in [6.07, 6.45) is 4.06. The summed E-state index contributed by atoms with van der Waals surface area (Å²) in [5.41, 5.74) is 6.42. The van der Waals surface area contributed by atoms with E-state index in [2.05, 4.69) is 21.2 Å². The molecule has 0 aromatic heterocycles. The van der Waals surface area contributed by atoms with Crippen LogP contribution in [0.2, 0.25) is 0 Å². The van der Waals surface area contributed by atoms with Gasteiger partial charge in [0, 0.05) is 17.6 Å². The average molecular weight is 315 g/mol. The lowest BCUT2D eigenvalue weighted by atomic mass is 9.91. The molecule has 0 unspecified atom stereocenters. The van der Waals surface area contributed by atoms with Crippen molar-refractivity contribution in [3.63, 3.8) is 0 Å². The van der Waals surface area contributed by atoms with Gasteiger partial charge in [-0.15, -0.1) is 0 Å². The molecule has 1 aliphatic rings. The second-order valence-electron chi connectivity index (χ2n) is 4.66. The van der Waals surface area contributed by atoms with Crippen molar-refractivity contribution in [3.05, 3.63) is 34.1 Å².